The predicted molar refractivity (Wildman–Crippen MR) is 158 cm³/mol. The van der Waals surface area contributed by atoms with Gasteiger partial charge in [-0.15, -0.1) is 0 Å². The Balaban J connectivity index is 1.76. The number of hydrogen-bond acceptors (Lipinski definition) is 7. The number of esters is 1. The zero-order valence-corrected chi connectivity index (χ0v) is 24.4. The summed E-state index contributed by atoms with van der Waals surface area (Å²) in [4.78, 5) is 41.6. The van der Waals surface area contributed by atoms with Crippen LogP contribution in [0.3, 0.4) is 0 Å². The quantitative estimate of drug-likeness (QED) is 0.160. The van der Waals surface area contributed by atoms with E-state index in [1.165, 1.54) is 23.2 Å². The molecule has 0 saturated carbocycles. The molecule has 0 aliphatic heterocycles. The summed E-state index contributed by atoms with van der Waals surface area (Å²) in [7, 11) is 5.56. The summed E-state index contributed by atoms with van der Waals surface area (Å²) in [5, 5.41) is 0.730. The molecule has 0 radical (unpaired) electrons. The zero-order valence-electron chi connectivity index (χ0n) is 24.4. The van der Waals surface area contributed by atoms with Crippen LogP contribution < -0.4 is 4.90 Å². The highest BCUT2D eigenvalue weighted by molar-refractivity contribution is 6.01. The second kappa shape index (κ2) is 12.0. The van der Waals surface area contributed by atoms with E-state index >= 15 is 0 Å². The van der Waals surface area contributed by atoms with Crippen LogP contribution in [0.15, 0.2) is 67.4 Å². The fourth-order valence-corrected chi connectivity index (χ4v) is 4.13. The number of fused-ring (bicyclic) bond motifs is 1. The Morgan fingerprint density at radius 1 is 1.05 bits per heavy atom. The maximum Gasteiger partial charge on any atom is 0.313 e. The van der Waals surface area contributed by atoms with Crippen molar-refractivity contribution in [3.8, 4) is 22.3 Å². The second-order valence-electron chi connectivity index (χ2n) is 11.2. The first-order valence-corrected chi connectivity index (χ1v) is 13.2. The number of likely N-dealkylation sites (N-methyl/N-ethyl adjacent to an activating group) is 2. The van der Waals surface area contributed by atoms with Gasteiger partial charge in [0.1, 0.15) is 5.65 Å². The van der Waals surface area contributed by atoms with Gasteiger partial charge < -0.3 is 14.5 Å². The summed E-state index contributed by atoms with van der Waals surface area (Å²) in [5.74, 6) is -1.13. The maximum atomic E-state index is 14.1. The zero-order chi connectivity index (χ0) is 29.9. The van der Waals surface area contributed by atoms with Gasteiger partial charge in [-0.25, -0.2) is 9.97 Å². The third kappa shape index (κ3) is 6.83. The molecule has 1 amide bonds. The highest BCUT2D eigenvalue weighted by Crippen LogP contribution is 2.35. The minimum Gasteiger partial charge on any atom is -0.441 e. The number of halogens is 1. The minimum atomic E-state index is -0.677. The van der Waals surface area contributed by atoms with E-state index in [1.807, 2.05) is 37.2 Å². The van der Waals surface area contributed by atoms with Crippen molar-refractivity contribution < 1.29 is 18.7 Å². The molecule has 0 spiro atoms. The number of rotatable bonds is 8. The van der Waals surface area contributed by atoms with Gasteiger partial charge in [-0.05, 0) is 65.6 Å². The molecule has 41 heavy (non-hydrogen) atoms. The number of carbonyl (C=O) groups excluding carboxylic acids is 2. The highest BCUT2D eigenvalue weighted by atomic mass is 19.1. The van der Waals surface area contributed by atoms with Gasteiger partial charge in [0.2, 0.25) is 11.9 Å². The van der Waals surface area contributed by atoms with Crippen molar-refractivity contribution >= 4 is 28.6 Å². The Morgan fingerprint density at radius 3 is 2.46 bits per heavy atom. The number of nitrogens with zero attached hydrogens (tertiary/aromatic N) is 6. The smallest absolute Gasteiger partial charge is 0.313 e. The summed E-state index contributed by atoms with van der Waals surface area (Å²) in [6.07, 6.45) is 10.9. The van der Waals surface area contributed by atoms with Gasteiger partial charge in [-0.2, -0.15) is 4.39 Å². The number of anilines is 1. The molecule has 0 bridgehead atoms. The lowest BCUT2D eigenvalue weighted by Gasteiger charge is -2.22. The van der Waals surface area contributed by atoms with Gasteiger partial charge in [0, 0.05) is 72.6 Å². The van der Waals surface area contributed by atoms with Crippen molar-refractivity contribution in [2.45, 2.75) is 33.9 Å². The van der Waals surface area contributed by atoms with E-state index in [2.05, 4.69) is 9.97 Å². The molecule has 0 N–H and O–H groups in total. The molecule has 0 aromatic carbocycles. The summed E-state index contributed by atoms with van der Waals surface area (Å²) < 4.78 is 21.6. The minimum absolute atomic E-state index is 0.169. The maximum absolute atomic E-state index is 14.1. The molecule has 1 atom stereocenters. The summed E-state index contributed by atoms with van der Waals surface area (Å²) in [6.45, 7) is 7.79. The van der Waals surface area contributed by atoms with Crippen LogP contribution in [0.5, 0.6) is 0 Å². The van der Waals surface area contributed by atoms with Crippen LogP contribution in [0.2, 0.25) is 0 Å². The van der Waals surface area contributed by atoms with Gasteiger partial charge in [-0.3, -0.25) is 19.1 Å². The second-order valence-corrected chi connectivity index (χ2v) is 11.2. The standard InChI is InChI=1S/C31H35FN6O3/c1-20(41-30(40)31(2,3)4)38-19-26(21-10-11-34-27(32)15-21)25-14-23(17-35-29(25)38)22-13-24(18-33-16-22)37(7)28(39)9-8-12-36(5)6/h8-11,13-20H,12H2,1-7H3/b9-8+. The average molecular weight is 559 g/mol. The van der Waals surface area contributed by atoms with E-state index in [4.69, 9.17) is 9.72 Å². The van der Waals surface area contributed by atoms with E-state index in [-0.39, 0.29) is 11.9 Å². The van der Waals surface area contributed by atoms with Crippen molar-refractivity contribution in [3.63, 3.8) is 0 Å². The fraction of sp³-hybridized carbons (Fsp3) is 0.323. The highest BCUT2D eigenvalue weighted by Gasteiger charge is 2.27. The molecule has 4 aromatic heterocycles. The van der Waals surface area contributed by atoms with E-state index < -0.39 is 17.6 Å². The normalized spacial score (nSPS) is 12.7. The Labute approximate surface area is 239 Å². The van der Waals surface area contributed by atoms with Gasteiger partial charge in [0.15, 0.2) is 6.23 Å². The number of aromatic nitrogens is 4. The van der Waals surface area contributed by atoms with Gasteiger partial charge in [0.05, 0.1) is 17.3 Å². The van der Waals surface area contributed by atoms with Crippen LogP contribution in [0.25, 0.3) is 33.3 Å². The van der Waals surface area contributed by atoms with Crippen molar-refractivity contribution in [1.82, 2.24) is 24.4 Å². The number of hydrogen-bond donors (Lipinski definition) is 0. The Hall–Kier alpha value is -4.44. The SMILES string of the molecule is CC(OC(=O)C(C)(C)C)n1cc(-c2ccnc(F)c2)c2cc(-c3cncc(N(C)C(=O)/C=C/CN(C)C)c3)cnc21. The molecule has 9 nitrogen and oxygen atoms in total. The van der Waals surface area contributed by atoms with Crippen LogP contribution in [0.4, 0.5) is 10.1 Å². The monoisotopic (exact) mass is 558 g/mol. The molecule has 4 aromatic rings. The molecule has 214 valence electrons. The van der Waals surface area contributed by atoms with Crippen molar-refractivity contribution in [2.24, 2.45) is 5.41 Å². The number of carbonyl (C=O) groups is 2. The molecule has 4 rings (SSSR count). The van der Waals surface area contributed by atoms with E-state index in [0.717, 1.165) is 16.5 Å². The lowest BCUT2D eigenvalue weighted by atomic mass is 9.97. The van der Waals surface area contributed by atoms with Gasteiger partial charge >= 0.3 is 5.97 Å². The first-order valence-electron chi connectivity index (χ1n) is 13.2. The third-order valence-electron chi connectivity index (χ3n) is 6.49. The largest absolute Gasteiger partial charge is 0.441 e. The van der Waals surface area contributed by atoms with Gasteiger partial charge in [-0.1, -0.05) is 6.08 Å². The molecular formula is C31H35FN6O3. The molecule has 0 aliphatic rings. The first-order chi connectivity index (χ1) is 19.3. The first kappa shape index (κ1) is 29.5. The summed E-state index contributed by atoms with van der Waals surface area (Å²) in [6, 6.07) is 6.87. The van der Waals surface area contributed by atoms with Crippen LogP contribution in [-0.2, 0) is 14.3 Å². The number of ether oxygens (including phenoxy) is 1. The molecule has 0 saturated heterocycles. The lowest BCUT2D eigenvalue weighted by Crippen LogP contribution is -2.26. The number of amides is 1. The third-order valence-corrected chi connectivity index (χ3v) is 6.49. The Kier molecular flexibility index (Phi) is 8.63. The van der Waals surface area contributed by atoms with Crippen LogP contribution in [-0.4, -0.2) is 64.0 Å². The average Bonchev–Trinajstić information content (AvgIpc) is 3.31. The molecule has 0 fully saturated rings. The molecular weight excluding hydrogens is 523 g/mol. The molecule has 4 heterocycles. The summed E-state index contributed by atoms with van der Waals surface area (Å²) in [5.41, 5.74) is 3.33. The Bertz CT molecular complexity index is 1610. The van der Waals surface area contributed by atoms with Crippen LogP contribution >= 0.6 is 0 Å². The van der Waals surface area contributed by atoms with E-state index in [1.54, 1.807) is 70.2 Å². The van der Waals surface area contributed by atoms with Crippen molar-refractivity contribution in [3.05, 3.63) is 73.3 Å². The lowest BCUT2D eigenvalue weighted by molar-refractivity contribution is -0.162. The topological polar surface area (TPSA) is 93.5 Å². The Morgan fingerprint density at radius 2 is 1.78 bits per heavy atom. The van der Waals surface area contributed by atoms with E-state index in [0.29, 0.717) is 29.0 Å². The molecule has 1 unspecified atom stereocenters. The van der Waals surface area contributed by atoms with Gasteiger partial charge in [0.25, 0.3) is 0 Å². The van der Waals surface area contributed by atoms with E-state index in [9.17, 15) is 14.0 Å². The van der Waals surface area contributed by atoms with Crippen molar-refractivity contribution in [1.29, 1.82) is 0 Å². The molecule has 0 aliphatic carbocycles. The van der Waals surface area contributed by atoms with Crippen LogP contribution in [0, 0.1) is 11.4 Å². The van der Waals surface area contributed by atoms with Crippen LogP contribution in [0.1, 0.15) is 33.9 Å². The fourth-order valence-electron chi connectivity index (χ4n) is 4.13. The molecule has 10 heteroatoms. The summed E-state index contributed by atoms with van der Waals surface area (Å²) >= 11 is 0. The number of pyridine rings is 3. The van der Waals surface area contributed by atoms with Crippen molar-refractivity contribution in [2.75, 3.05) is 32.6 Å². The predicted octanol–water partition coefficient (Wildman–Crippen LogP) is 5.49.